The maximum Gasteiger partial charge on any atom is 0.229 e. The van der Waals surface area contributed by atoms with Crippen molar-refractivity contribution >= 4 is 50.7 Å². The van der Waals surface area contributed by atoms with E-state index in [2.05, 4.69) is 21.2 Å². The van der Waals surface area contributed by atoms with Gasteiger partial charge in [-0.15, -0.1) is 0 Å². The smallest absolute Gasteiger partial charge is 0.229 e. The SMILES string of the molecule is CC(=O)N1CCc2cc(N3C[C@H](C(=O)Nc4cccc(Br)c4)CC3=O)ccc21. The molecule has 1 fully saturated rings. The summed E-state index contributed by atoms with van der Waals surface area (Å²) in [7, 11) is 0. The number of hydrogen-bond donors (Lipinski definition) is 1. The van der Waals surface area contributed by atoms with Crippen LogP contribution in [0.15, 0.2) is 46.9 Å². The van der Waals surface area contributed by atoms with E-state index in [-0.39, 0.29) is 24.1 Å². The summed E-state index contributed by atoms with van der Waals surface area (Å²) in [6.07, 6.45) is 0.966. The van der Waals surface area contributed by atoms with Crippen molar-refractivity contribution in [3.63, 3.8) is 0 Å². The van der Waals surface area contributed by atoms with Crippen LogP contribution in [-0.2, 0) is 20.8 Å². The molecule has 2 heterocycles. The molecule has 144 valence electrons. The number of halogens is 1. The average Bonchev–Trinajstić information content (AvgIpc) is 3.24. The zero-order valence-corrected chi connectivity index (χ0v) is 17.0. The van der Waals surface area contributed by atoms with Crippen LogP contribution in [0.1, 0.15) is 18.9 Å². The molecule has 0 aromatic heterocycles. The summed E-state index contributed by atoms with van der Waals surface area (Å²) in [6, 6.07) is 13.1. The predicted octanol–water partition coefficient (Wildman–Crippen LogP) is 3.35. The van der Waals surface area contributed by atoms with E-state index in [1.54, 1.807) is 16.7 Å². The van der Waals surface area contributed by atoms with Gasteiger partial charge >= 0.3 is 0 Å². The van der Waals surface area contributed by atoms with Crippen molar-refractivity contribution in [2.45, 2.75) is 19.8 Å². The third-order valence-electron chi connectivity index (χ3n) is 5.24. The summed E-state index contributed by atoms with van der Waals surface area (Å²) >= 11 is 3.38. The van der Waals surface area contributed by atoms with E-state index in [4.69, 9.17) is 0 Å². The Bertz CT molecular complexity index is 975. The highest BCUT2D eigenvalue weighted by Gasteiger charge is 2.36. The van der Waals surface area contributed by atoms with E-state index in [0.717, 1.165) is 27.8 Å². The second-order valence-electron chi connectivity index (χ2n) is 7.14. The van der Waals surface area contributed by atoms with Gasteiger partial charge in [-0.2, -0.15) is 0 Å². The molecule has 0 radical (unpaired) electrons. The second-order valence-corrected chi connectivity index (χ2v) is 8.05. The highest BCUT2D eigenvalue weighted by molar-refractivity contribution is 9.10. The monoisotopic (exact) mass is 441 g/mol. The number of fused-ring (bicyclic) bond motifs is 1. The normalized spacial score (nSPS) is 18.4. The molecule has 28 heavy (non-hydrogen) atoms. The van der Waals surface area contributed by atoms with Crippen LogP contribution in [0.4, 0.5) is 17.1 Å². The fraction of sp³-hybridized carbons (Fsp3) is 0.286. The molecule has 7 heteroatoms. The van der Waals surface area contributed by atoms with Crippen molar-refractivity contribution in [1.29, 1.82) is 0 Å². The summed E-state index contributed by atoms with van der Waals surface area (Å²) in [4.78, 5) is 40.3. The van der Waals surface area contributed by atoms with Crippen molar-refractivity contribution in [3.8, 4) is 0 Å². The summed E-state index contributed by atoms with van der Waals surface area (Å²) in [6.45, 7) is 2.58. The molecule has 3 amide bonds. The molecular weight excluding hydrogens is 422 g/mol. The summed E-state index contributed by atoms with van der Waals surface area (Å²) < 4.78 is 0.882. The van der Waals surface area contributed by atoms with Crippen LogP contribution in [-0.4, -0.2) is 30.8 Å². The Balaban J connectivity index is 1.48. The first kappa shape index (κ1) is 18.7. The molecule has 2 aliphatic rings. The molecule has 4 rings (SSSR count). The van der Waals surface area contributed by atoms with E-state index in [9.17, 15) is 14.4 Å². The van der Waals surface area contributed by atoms with Crippen LogP contribution in [0.25, 0.3) is 0 Å². The molecule has 0 saturated carbocycles. The maximum atomic E-state index is 12.6. The van der Waals surface area contributed by atoms with Gasteiger partial charge in [0.2, 0.25) is 17.7 Å². The number of hydrogen-bond acceptors (Lipinski definition) is 3. The van der Waals surface area contributed by atoms with Gasteiger partial charge in [-0.05, 0) is 48.4 Å². The van der Waals surface area contributed by atoms with Gasteiger partial charge in [0.1, 0.15) is 0 Å². The number of nitrogens with zero attached hydrogens (tertiary/aromatic N) is 2. The molecular formula is C21H20BrN3O3. The Morgan fingerprint density at radius 3 is 2.75 bits per heavy atom. The number of anilines is 3. The summed E-state index contributed by atoms with van der Waals surface area (Å²) in [5.41, 5.74) is 3.45. The third kappa shape index (κ3) is 3.54. The third-order valence-corrected chi connectivity index (χ3v) is 5.73. The quantitative estimate of drug-likeness (QED) is 0.793. The van der Waals surface area contributed by atoms with Gasteiger partial charge in [-0.25, -0.2) is 0 Å². The molecule has 2 aromatic rings. The van der Waals surface area contributed by atoms with E-state index < -0.39 is 5.92 Å². The summed E-state index contributed by atoms with van der Waals surface area (Å²) in [5, 5.41) is 2.89. The van der Waals surface area contributed by atoms with Crippen LogP contribution < -0.4 is 15.1 Å². The molecule has 2 aliphatic heterocycles. The van der Waals surface area contributed by atoms with E-state index in [1.165, 1.54) is 0 Å². The van der Waals surface area contributed by atoms with Crippen LogP contribution >= 0.6 is 15.9 Å². The maximum absolute atomic E-state index is 12.6. The minimum Gasteiger partial charge on any atom is -0.326 e. The highest BCUT2D eigenvalue weighted by atomic mass is 79.9. The standard InChI is InChI=1S/C21H20BrN3O3/c1-13(26)24-8-7-14-9-18(5-6-19(14)24)25-12-15(10-20(25)27)21(28)23-17-4-2-3-16(22)11-17/h2-6,9,11,15H,7-8,10,12H2,1H3,(H,23,28)/t15-/m1/s1. The molecule has 1 saturated heterocycles. The lowest BCUT2D eigenvalue weighted by atomic mass is 10.1. The molecule has 0 unspecified atom stereocenters. The van der Waals surface area contributed by atoms with Gasteiger partial charge in [-0.1, -0.05) is 22.0 Å². The predicted molar refractivity (Wildman–Crippen MR) is 111 cm³/mol. The Hall–Kier alpha value is -2.67. The molecule has 1 N–H and O–H groups in total. The minimum atomic E-state index is -0.395. The first-order chi connectivity index (χ1) is 13.4. The summed E-state index contributed by atoms with van der Waals surface area (Å²) in [5.74, 6) is -0.588. The fourth-order valence-electron chi connectivity index (χ4n) is 3.83. The number of carbonyl (C=O) groups is 3. The Kier molecular flexibility index (Phi) is 4.93. The Morgan fingerprint density at radius 1 is 1.18 bits per heavy atom. The number of amides is 3. The highest BCUT2D eigenvalue weighted by Crippen LogP contribution is 2.34. The van der Waals surface area contributed by atoms with Crippen LogP contribution in [0.5, 0.6) is 0 Å². The lowest BCUT2D eigenvalue weighted by Gasteiger charge is -2.19. The molecule has 0 bridgehead atoms. The van der Waals surface area contributed by atoms with Gasteiger partial charge < -0.3 is 15.1 Å². The van der Waals surface area contributed by atoms with E-state index >= 15 is 0 Å². The molecule has 2 aromatic carbocycles. The average molecular weight is 442 g/mol. The molecule has 0 aliphatic carbocycles. The molecule has 0 spiro atoms. The Labute approximate surface area is 171 Å². The number of carbonyl (C=O) groups excluding carboxylic acids is 3. The number of rotatable bonds is 3. The number of benzene rings is 2. The molecule has 1 atom stereocenters. The fourth-order valence-corrected chi connectivity index (χ4v) is 4.23. The van der Waals surface area contributed by atoms with E-state index in [1.807, 2.05) is 42.5 Å². The first-order valence-corrected chi connectivity index (χ1v) is 9.99. The zero-order valence-electron chi connectivity index (χ0n) is 15.4. The van der Waals surface area contributed by atoms with Gasteiger partial charge in [0, 0.05) is 48.0 Å². The van der Waals surface area contributed by atoms with Crippen LogP contribution in [0.2, 0.25) is 0 Å². The molecule has 6 nitrogen and oxygen atoms in total. The Morgan fingerprint density at radius 2 is 2.00 bits per heavy atom. The van der Waals surface area contributed by atoms with Gasteiger partial charge in [0.15, 0.2) is 0 Å². The van der Waals surface area contributed by atoms with E-state index in [0.29, 0.717) is 18.8 Å². The lowest BCUT2D eigenvalue weighted by molar-refractivity contribution is -0.122. The van der Waals surface area contributed by atoms with Crippen LogP contribution in [0, 0.1) is 5.92 Å². The second kappa shape index (κ2) is 7.39. The van der Waals surface area contributed by atoms with Crippen molar-refractivity contribution in [1.82, 2.24) is 0 Å². The van der Waals surface area contributed by atoms with Crippen molar-refractivity contribution in [2.24, 2.45) is 5.92 Å². The first-order valence-electron chi connectivity index (χ1n) is 9.20. The van der Waals surface area contributed by atoms with Gasteiger partial charge in [-0.3, -0.25) is 14.4 Å². The van der Waals surface area contributed by atoms with Crippen LogP contribution in [0.3, 0.4) is 0 Å². The lowest BCUT2D eigenvalue weighted by Crippen LogP contribution is -2.28. The minimum absolute atomic E-state index is 0.0213. The largest absolute Gasteiger partial charge is 0.326 e. The van der Waals surface area contributed by atoms with Crippen molar-refractivity contribution in [2.75, 3.05) is 28.2 Å². The van der Waals surface area contributed by atoms with Crippen molar-refractivity contribution < 1.29 is 14.4 Å². The zero-order chi connectivity index (χ0) is 19.8. The van der Waals surface area contributed by atoms with Gasteiger partial charge in [0.05, 0.1) is 5.92 Å². The topological polar surface area (TPSA) is 69.7 Å². The van der Waals surface area contributed by atoms with Gasteiger partial charge in [0.25, 0.3) is 0 Å². The number of nitrogens with one attached hydrogen (secondary N) is 1. The van der Waals surface area contributed by atoms with Crippen molar-refractivity contribution in [3.05, 3.63) is 52.5 Å².